The van der Waals surface area contributed by atoms with Crippen molar-refractivity contribution in [1.82, 2.24) is 19.9 Å². The van der Waals surface area contributed by atoms with E-state index < -0.39 is 0 Å². The van der Waals surface area contributed by atoms with Crippen molar-refractivity contribution in [2.75, 3.05) is 5.32 Å². The molecule has 0 spiro atoms. The van der Waals surface area contributed by atoms with Gasteiger partial charge in [0.05, 0.1) is 11.7 Å². The van der Waals surface area contributed by atoms with Crippen LogP contribution in [0.1, 0.15) is 38.2 Å². The number of nitrogens with one attached hydrogen (secondary N) is 2. The number of anilines is 1. The molecule has 6 heteroatoms. The number of benzene rings is 1. The van der Waals surface area contributed by atoms with Crippen LogP contribution in [0.4, 0.5) is 10.2 Å². The molecule has 3 aromatic heterocycles. The molecule has 0 aliphatic heterocycles. The highest BCUT2D eigenvalue weighted by atomic mass is 19.1. The zero-order valence-electron chi connectivity index (χ0n) is 17.8. The molecule has 4 aromatic rings. The average Bonchev–Trinajstić information content (AvgIpc) is 3.19. The summed E-state index contributed by atoms with van der Waals surface area (Å²) in [7, 11) is 0. The molecule has 3 fully saturated rings. The summed E-state index contributed by atoms with van der Waals surface area (Å²) in [5.41, 5.74) is 3.48. The number of aromatic amines is 1. The standard InChI is InChI=1S/C25H26FN5/c1-13-3-8-21-19(9-13)24(30-22-14(2)15-4-6-16(22)7-5-15)31-25(29-21)20-12-28-23-18(20)10-17(26)11-27-23/h3,8-12,14-16,22H,4-7H2,1-2H3,(H,27,28)(H,29,30,31)/t14-,15?,16?,22+/m0/s1. The third kappa shape index (κ3) is 3.08. The van der Waals surface area contributed by atoms with Crippen molar-refractivity contribution in [3.8, 4) is 11.4 Å². The molecule has 3 heterocycles. The third-order valence-corrected chi connectivity index (χ3v) is 7.53. The monoisotopic (exact) mass is 415 g/mol. The van der Waals surface area contributed by atoms with E-state index >= 15 is 0 Å². The first-order valence-electron chi connectivity index (χ1n) is 11.2. The van der Waals surface area contributed by atoms with Crippen LogP contribution in [0.3, 0.4) is 0 Å². The Bertz CT molecular complexity index is 1290. The summed E-state index contributed by atoms with van der Waals surface area (Å²) >= 11 is 0. The Labute approximate surface area is 180 Å². The van der Waals surface area contributed by atoms with E-state index in [1.54, 1.807) is 0 Å². The minimum Gasteiger partial charge on any atom is -0.366 e. The fourth-order valence-corrected chi connectivity index (χ4v) is 5.80. The van der Waals surface area contributed by atoms with Gasteiger partial charge in [0.15, 0.2) is 5.82 Å². The van der Waals surface area contributed by atoms with Crippen molar-refractivity contribution in [3.63, 3.8) is 0 Å². The van der Waals surface area contributed by atoms with Gasteiger partial charge in [-0.15, -0.1) is 0 Å². The molecule has 2 N–H and O–H groups in total. The second-order valence-electron chi connectivity index (χ2n) is 9.37. The Morgan fingerprint density at radius 1 is 1.03 bits per heavy atom. The van der Waals surface area contributed by atoms with E-state index in [9.17, 15) is 4.39 Å². The predicted molar refractivity (Wildman–Crippen MR) is 121 cm³/mol. The SMILES string of the molecule is Cc1ccc2nc(-c3c[nH]c4ncc(F)cc34)nc(N[C@H]3C4CCC(CC4)[C@@H]3C)c2c1. The van der Waals surface area contributed by atoms with E-state index in [0.29, 0.717) is 34.7 Å². The van der Waals surface area contributed by atoms with Gasteiger partial charge in [-0.2, -0.15) is 0 Å². The van der Waals surface area contributed by atoms with Gasteiger partial charge in [0.2, 0.25) is 0 Å². The van der Waals surface area contributed by atoms with Gasteiger partial charge in [-0.05, 0) is 68.6 Å². The van der Waals surface area contributed by atoms with Crippen LogP contribution in [0.15, 0.2) is 36.7 Å². The molecule has 31 heavy (non-hydrogen) atoms. The largest absolute Gasteiger partial charge is 0.366 e. The van der Waals surface area contributed by atoms with Crippen molar-refractivity contribution in [1.29, 1.82) is 0 Å². The van der Waals surface area contributed by atoms with Gasteiger partial charge in [-0.25, -0.2) is 19.3 Å². The number of hydrogen-bond acceptors (Lipinski definition) is 4. The van der Waals surface area contributed by atoms with Crippen LogP contribution in [-0.4, -0.2) is 26.0 Å². The zero-order valence-corrected chi connectivity index (χ0v) is 17.8. The highest BCUT2D eigenvalue weighted by molar-refractivity contribution is 5.96. The first-order valence-corrected chi connectivity index (χ1v) is 11.2. The van der Waals surface area contributed by atoms with Crippen molar-refractivity contribution >= 4 is 27.8 Å². The van der Waals surface area contributed by atoms with Crippen LogP contribution >= 0.6 is 0 Å². The molecule has 0 radical (unpaired) electrons. The van der Waals surface area contributed by atoms with E-state index in [2.05, 4.69) is 41.3 Å². The molecular formula is C25H26FN5. The highest BCUT2D eigenvalue weighted by Crippen LogP contribution is 2.46. The number of pyridine rings is 1. The van der Waals surface area contributed by atoms with E-state index in [1.165, 1.54) is 43.5 Å². The second kappa shape index (κ2) is 7.01. The Balaban J connectivity index is 1.50. The van der Waals surface area contributed by atoms with E-state index in [4.69, 9.17) is 9.97 Å². The van der Waals surface area contributed by atoms with Crippen LogP contribution in [0, 0.1) is 30.5 Å². The number of aryl methyl sites for hydroxylation is 1. The maximum atomic E-state index is 13.9. The summed E-state index contributed by atoms with van der Waals surface area (Å²) in [4.78, 5) is 17.1. The van der Waals surface area contributed by atoms with Gasteiger partial charge < -0.3 is 10.3 Å². The fourth-order valence-electron chi connectivity index (χ4n) is 5.80. The molecule has 0 unspecified atom stereocenters. The van der Waals surface area contributed by atoms with E-state index in [-0.39, 0.29) is 5.82 Å². The Morgan fingerprint density at radius 3 is 2.65 bits per heavy atom. The van der Waals surface area contributed by atoms with Crippen molar-refractivity contribution < 1.29 is 4.39 Å². The summed E-state index contributed by atoms with van der Waals surface area (Å²) in [6.07, 6.45) is 8.35. The zero-order chi connectivity index (χ0) is 21.1. The Kier molecular flexibility index (Phi) is 4.23. The van der Waals surface area contributed by atoms with Crippen molar-refractivity contribution in [3.05, 3.63) is 48.0 Å². The number of aromatic nitrogens is 4. The number of halogens is 1. The number of fused-ring (bicyclic) bond motifs is 5. The third-order valence-electron chi connectivity index (χ3n) is 7.53. The Hall–Kier alpha value is -3.02. The molecule has 3 saturated carbocycles. The van der Waals surface area contributed by atoms with Gasteiger partial charge in [-0.1, -0.05) is 18.6 Å². The summed E-state index contributed by atoms with van der Waals surface area (Å²) in [6, 6.07) is 8.20. The predicted octanol–water partition coefficient (Wildman–Crippen LogP) is 5.86. The molecule has 3 aliphatic rings. The number of rotatable bonds is 3. The molecule has 7 rings (SSSR count). The van der Waals surface area contributed by atoms with E-state index in [0.717, 1.165) is 28.2 Å². The van der Waals surface area contributed by atoms with Crippen molar-refractivity contribution in [2.24, 2.45) is 17.8 Å². The number of hydrogen-bond donors (Lipinski definition) is 2. The lowest BCUT2D eigenvalue weighted by Crippen LogP contribution is -2.47. The molecule has 3 aliphatic carbocycles. The lowest BCUT2D eigenvalue weighted by Gasteiger charge is -2.47. The van der Waals surface area contributed by atoms with Crippen LogP contribution in [0.2, 0.25) is 0 Å². The molecule has 5 nitrogen and oxygen atoms in total. The number of H-pyrrole nitrogens is 1. The molecule has 1 aromatic carbocycles. The van der Waals surface area contributed by atoms with Crippen LogP contribution in [0.5, 0.6) is 0 Å². The van der Waals surface area contributed by atoms with Gasteiger partial charge in [0.1, 0.15) is 17.3 Å². The van der Waals surface area contributed by atoms with Crippen LogP contribution in [-0.2, 0) is 0 Å². The van der Waals surface area contributed by atoms with Crippen molar-refractivity contribution in [2.45, 2.75) is 45.6 Å². The molecule has 2 atom stereocenters. The molecule has 158 valence electrons. The average molecular weight is 416 g/mol. The Morgan fingerprint density at radius 2 is 1.84 bits per heavy atom. The molecule has 0 amide bonds. The minimum absolute atomic E-state index is 0.366. The quantitative estimate of drug-likeness (QED) is 0.440. The lowest BCUT2D eigenvalue weighted by atomic mass is 9.62. The van der Waals surface area contributed by atoms with Gasteiger partial charge in [0.25, 0.3) is 0 Å². The summed E-state index contributed by atoms with van der Waals surface area (Å²) in [6.45, 7) is 4.48. The van der Waals surface area contributed by atoms with Gasteiger partial charge in [0, 0.05) is 28.6 Å². The van der Waals surface area contributed by atoms with Gasteiger partial charge >= 0.3 is 0 Å². The minimum atomic E-state index is -0.366. The summed E-state index contributed by atoms with van der Waals surface area (Å²) in [5.74, 6) is 3.24. The fraction of sp³-hybridized carbons (Fsp3) is 0.400. The maximum Gasteiger partial charge on any atom is 0.164 e. The number of nitrogens with zero attached hydrogens (tertiary/aromatic N) is 3. The summed E-state index contributed by atoms with van der Waals surface area (Å²) < 4.78 is 13.9. The lowest BCUT2D eigenvalue weighted by molar-refractivity contribution is 0.0929. The van der Waals surface area contributed by atoms with Crippen LogP contribution < -0.4 is 5.32 Å². The smallest absolute Gasteiger partial charge is 0.164 e. The molecular weight excluding hydrogens is 389 g/mol. The second-order valence-corrected chi connectivity index (χ2v) is 9.37. The van der Waals surface area contributed by atoms with Crippen LogP contribution in [0.25, 0.3) is 33.3 Å². The first-order chi connectivity index (χ1) is 15.1. The summed E-state index contributed by atoms with van der Waals surface area (Å²) in [5, 5.41) is 5.58. The topological polar surface area (TPSA) is 66.5 Å². The van der Waals surface area contributed by atoms with Gasteiger partial charge in [-0.3, -0.25) is 0 Å². The highest BCUT2D eigenvalue weighted by Gasteiger charge is 2.41. The van der Waals surface area contributed by atoms with E-state index in [1.807, 2.05) is 12.3 Å². The normalized spacial score (nSPS) is 25.4. The first kappa shape index (κ1) is 18.7. The maximum absolute atomic E-state index is 13.9. The molecule has 2 bridgehead atoms. The molecule has 0 saturated heterocycles.